The van der Waals surface area contributed by atoms with Crippen molar-refractivity contribution in [1.29, 1.82) is 0 Å². The number of aromatic nitrogens is 1. The Balaban J connectivity index is 1.52. The van der Waals surface area contributed by atoms with E-state index < -0.39 is 20.0 Å². The van der Waals surface area contributed by atoms with Crippen molar-refractivity contribution in [3.63, 3.8) is 0 Å². The maximum Gasteiger partial charge on any atom is 0.248 e. The predicted molar refractivity (Wildman–Crippen MR) is 106 cm³/mol. The molecule has 3 heterocycles. The first-order chi connectivity index (χ1) is 14.2. The maximum atomic E-state index is 13.1. The van der Waals surface area contributed by atoms with E-state index in [2.05, 4.69) is 5.16 Å². The molecule has 0 amide bonds. The number of benzene rings is 1. The molecule has 0 saturated carbocycles. The zero-order chi connectivity index (χ0) is 21.5. The van der Waals surface area contributed by atoms with E-state index in [1.165, 1.54) is 27.7 Å². The molecule has 1 fully saturated rings. The van der Waals surface area contributed by atoms with Crippen LogP contribution in [0.25, 0.3) is 0 Å². The SMILES string of the molecule is Cc1noc(C)c1S(=O)(=O)N1CCN(S(=O)(=O)c2ccc3c(c2)OCCCO3)CC1. The Morgan fingerprint density at radius 1 is 0.867 bits per heavy atom. The van der Waals surface area contributed by atoms with Crippen LogP contribution in [0.5, 0.6) is 11.5 Å². The van der Waals surface area contributed by atoms with Crippen LogP contribution in [0.1, 0.15) is 17.9 Å². The maximum absolute atomic E-state index is 13.1. The topological polar surface area (TPSA) is 119 Å². The molecule has 4 rings (SSSR count). The number of hydrogen-bond acceptors (Lipinski definition) is 8. The summed E-state index contributed by atoms with van der Waals surface area (Å²) in [5.74, 6) is 1.13. The molecule has 0 atom stereocenters. The summed E-state index contributed by atoms with van der Waals surface area (Å²) in [7, 11) is -7.61. The Hall–Kier alpha value is -2.15. The van der Waals surface area contributed by atoms with Gasteiger partial charge in [0, 0.05) is 38.7 Å². The minimum absolute atomic E-state index is 0.0379. The van der Waals surface area contributed by atoms with Crippen molar-refractivity contribution in [1.82, 2.24) is 13.8 Å². The predicted octanol–water partition coefficient (Wildman–Crippen LogP) is 1.15. The lowest BCUT2D eigenvalue weighted by molar-refractivity contribution is 0.272. The molecule has 1 aromatic heterocycles. The monoisotopic (exact) mass is 457 g/mol. The van der Waals surface area contributed by atoms with Crippen LogP contribution in [0.2, 0.25) is 0 Å². The lowest BCUT2D eigenvalue weighted by Crippen LogP contribution is -2.50. The van der Waals surface area contributed by atoms with Crippen molar-refractivity contribution in [3.05, 3.63) is 29.7 Å². The van der Waals surface area contributed by atoms with Crippen molar-refractivity contribution < 1.29 is 30.8 Å². The molecular weight excluding hydrogens is 434 g/mol. The second-order valence-corrected chi connectivity index (χ2v) is 10.9. The summed E-state index contributed by atoms with van der Waals surface area (Å²) in [6, 6.07) is 4.53. The summed E-state index contributed by atoms with van der Waals surface area (Å²) >= 11 is 0. The molecule has 2 aliphatic rings. The van der Waals surface area contributed by atoms with E-state index in [-0.39, 0.29) is 47.4 Å². The highest BCUT2D eigenvalue weighted by Gasteiger charge is 2.36. The molecule has 0 N–H and O–H groups in total. The van der Waals surface area contributed by atoms with Crippen molar-refractivity contribution >= 4 is 20.0 Å². The number of nitrogens with zero attached hydrogens (tertiary/aromatic N) is 3. The van der Waals surface area contributed by atoms with Crippen LogP contribution < -0.4 is 9.47 Å². The van der Waals surface area contributed by atoms with Gasteiger partial charge in [-0.2, -0.15) is 8.61 Å². The molecule has 1 aromatic carbocycles. The fourth-order valence-electron chi connectivity index (χ4n) is 3.58. The van der Waals surface area contributed by atoms with Gasteiger partial charge in [-0.05, 0) is 26.0 Å². The van der Waals surface area contributed by atoms with Gasteiger partial charge in [-0.3, -0.25) is 0 Å². The number of sulfonamides is 2. The number of fused-ring (bicyclic) bond motifs is 1. The lowest BCUT2D eigenvalue weighted by atomic mass is 10.3. The molecular formula is C18H23N3O7S2. The summed E-state index contributed by atoms with van der Waals surface area (Å²) in [6.45, 7) is 4.23. The van der Waals surface area contributed by atoms with Gasteiger partial charge in [0.1, 0.15) is 10.6 Å². The lowest BCUT2D eigenvalue weighted by Gasteiger charge is -2.33. The molecule has 12 heteroatoms. The van der Waals surface area contributed by atoms with Crippen molar-refractivity contribution in [2.24, 2.45) is 0 Å². The zero-order valence-electron chi connectivity index (χ0n) is 16.7. The van der Waals surface area contributed by atoms with Crippen molar-refractivity contribution in [3.8, 4) is 11.5 Å². The second-order valence-electron chi connectivity index (χ2n) is 7.12. The molecule has 1 saturated heterocycles. The van der Waals surface area contributed by atoms with Crippen LogP contribution in [-0.4, -0.2) is 70.0 Å². The van der Waals surface area contributed by atoms with Gasteiger partial charge in [0.25, 0.3) is 0 Å². The highest BCUT2D eigenvalue weighted by molar-refractivity contribution is 7.89. The van der Waals surface area contributed by atoms with E-state index in [1.54, 1.807) is 13.0 Å². The van der Waals surface area contributed by atoms with Gasteiger partial charge in [0.2, 0.25) is 20.0 Å². The molecule has 0 radical (unpaired) electrons. The fourth-order valence-corrected chi connectivity index (χ4v) is 6.73. The number of aryl methyl sites for hydroxylation is 2. The van der Waals surface area contributed by atoms with E-state index in [0.29, 0.717) is 24.7 Å². The highest BCUT2D eigenvalue weighted by atomic mass is 32.2. The van der Waals surface area contributed by atoms with Gasteiger partial charge >= 0.3 is 0 Å². The van der Waals surface area contributed by atoms with Gasteiger partial charge in [0.05, 0.1) is 18.1 Å². The summed E-state index contributed by atoms with van der Waals surface area (Å²) in [4.78, 5) is 0.135. The number of hydrogen-bond donors (Lipinski definition) is 0. The Labute approximate surface area is 175 Å². The third-order valence-corrected chi connectivity index (χ3v) is 9.16. The summed E-state index contributed by atoms with van der Waals surface area (Å²) in [6.07, 6.45) is 0.721. The first kappa shape index (κ1) is 21.1. The van der Waals surface area contributed by atoms with Crippen LogP contribution in [0, 0.1) is 13.8 Å². The minimum Gasteiger partial charge on any atom is -0.490 e. The van der Waals surface area contributed by atoms with E-state index in [0.717, 1.165) is 6.42 Å². The minimum atomic E-state index is -3.81. The van der Waals surface area contributed by atoms with Crippen LogP contribution in [0.4, 0.5) is 0 Å². The zero-order valence-corrected chi connectivity index (χ0v) is 18.3. The van der Waals surface area contributed by atoms with Crippen molar-refractivity contribution in [2.75, 3.05) is 39.4 Å². The molecule has 2 aromatic rings. The largest absolute Gasteiger partial charge is 0.490 e. The molecule has 0 spiro atoms. The van der Waals surface area contributed by atoms with Gasteiger partial charge < -0.3 is 14.0 Å². The molecule has 0 aliphatic carbocycles. The van der Waals surface area contributed by atoms with Crippen LogP contribution in [0.15, 0.2) is 32.5 Å². The molecule has 0 bridgehead atoms. The Kier molecular flexibility index (Phi) is 5.51. The summed E-state index contributed by atoms with van der Waals surface area (Å²) in [5.41, 5.74) is 0.287. The highest BCUT2D eigenvalue weighted by Crippen LogP contribution is 2.33. The quantitative estimate of drug-likeness (QED) is 0.671. The van der Waals surface area contributed by atoms with Gasteiger partial charge in [-0.1, -0.05) is 5.16 Å². The Morgan fingerprint density at radius 2 is 1.47 bits per heavy atom. The van der Waals surface area contributed by atoms with E-state index in [9.17, 15) is 16.8 Å². The molecule has 164 valence electrons. The second kappa shape index (κ2) is 7.84. The molecule has 10 nitrogen and oxygen atoms in total. The van der Waals surface area contributed by atoms with Crippen LogP contribution in [0.3, 0.4) is 0 Å². The normalized spacial score (nSPS) is 18.9. The third-order valence-electron chi connectivity index (χ3n) is 5.12. The van der Waals surface area contributed by atoms with Crippen molar-refractivity contribution in [2.45, 2.75) is 30.1 Å². The first-order valence-corrected chi connectivity index (χ1v) is 12.4. The van der Waals surface area contributed by atoms with E-state index in [4.69, 9.17) is 14.0 Å². The molecule has 2 aliphatic heterocycles. The number of ether oxygens (including phenoxy) is 2. The van der Waals surface area contributed by atoms with Gasteiger partial charge in [-0.25, -0.2) is 16.8 Å². The molecule has 0 unspecified atom stereocenters. The standard InChI is InChI=1S/C18H23N3O7S2/c1-13-18(14(2)28-19-13)30(24,25)21-8-6-20(7-9-21)29(22,23)15-4-5-16-17(12-15)27-11-3-10-26-16/h4-5,12H,3,6-11H2,1-2H3. The van der Waals surface area contributed by atoms with E-state index >= 15 is 0 Å². The van der Waals surface area contributed by atoms with E-state index in [1.807, 2.05) is 0 Å². The fraction of sp³-hybridized carbons (Fsp3) is 0.500. The van der Waals surface area contributed by atoms with Gasteiger partial charge in [-0.15, -0.1) is 0 Å². The Bertz CT molecular complexity index is 1130. The van der Waals surface area contributed by atoms with Crippen LogP contribution >= 0.6 is 0 Å². The first-order valence-electron chi connectivity index (χ1n) is 9.54. The summed E-state index contributed by atoms with van der Waals surface area (Å²) in [5, 5.41) is 3.70. The average Bonchev–Trinajstić information content (AvgIpc) is 2.92. The third kappa shape index (κ3) is 3.68. The number of piperazine rings is 1. The molecule has 30 heavy (non-hydrogen) atoms. The Morgan fingerprint density at radius 3 is 2.07 bits per heavy atom. The van der Waals surface area contributed by atoms with Crippen LogP contribution in [-0.2, 0) is 20.0 Å². The average molecular weight is 458 g/mol. The smallest absolute Gasteiger partial charge is 0.248 e. The number of rotatable bonds is 4. The van der Waals surface area contributed by atoms with Gasteiger partial charge in [0.15, 0.2) is 17.3 Å². The summed E-state index contributed by atoms with van der Waals surface area (Å²) < 4.78 is 70.7.